The Kier molecular flexibility index (Phi) is 4.54. The van der Waals surface area contributed by atoms with Crippen LogP contribution in [0, 0.1) is 0 Å². The molecule has 3 rings (SSSR count). The van der Waals surface area contributed by atoms with E-state index in [1.165, 1.54) is 16.7 Å². The molecule has 114 valence electrons. The predicted molar refractivity (Wildman–Crippen MR) is 88.4 cm³/mol. The van der Waals surface area contributed by atoms with Gasteiger partial charge in [-0.05, 0) is 34.2 Å². The van der Waals surface area contributed by atoms with E-state index in [0.717, 1.165) is 30.6 Å². The number of hydrogen-bond acceptors (Lipinski definition) is 2. The number of benzene rings is 2. The highest BCUT2D eigenvalue weighted by molar-refractivity contribution is 5.78. The minimum absolute atomic E-state index is 0.0721. The summed E-state index contributed by atoms with van der Waals surface area (Å²) in [4.78, 5) is 12.1. The van der Waals surface area contributed by atoms with Crippen LogP contribution in [-0.4, -0.2) is 5.91 Å². The maximum atomic E-state index is 12.1. The number of nitrogens with one attached hydrogen (secondary N) is 2. The van der Waals surface area contributed by atoms with Crippen molar-refractivity contribution in [2.45, 2.75) is 39.4 Å². The molecule has 0 saturated carbocycles. The van der Waals surface area contributed by atoms with Gasteiger partial charge in [0.1, 0.15) is 0 Å². The first kappa shape index (κ1) is 14.8. The lowest BCUT2D eigenvalue weighted by atomic mass is 10.1. The Morgan fingerprint density at radius 3 is 2.45 bits per heavy atom. The minimum atomic E-state index is 0.0721. The summed E-state index contributed by atoms with van der Waals surface area (Å²) in [7, 11) is 0. The number of carbonyl (C=O) groups is 1. The van der Waals surface area contributed by atoms with E-state index in [9.17, 15) is 4.79 Å². The molecule has 1 heterocycles. The van der Waals surface area contributed by atoms with Crippen LogP contribution < -0.4 is 10.6 Å². The smallest absolute Gasteiger partial charge is 0.224 e. The van der Waals surface area contributed by atoms with E-state index in [1.807, 2.05) is 12.1 Å². The van der Waals surface area contributed by atoms with Crippen molar-refractivity contribution in [3.05, 3.63) is 70.3 Å². The Morgan fingerprint density at radius 1 is 1.00 bits per heavy atom. The third-order valence-electron chi connectivity index (χ3n) is 4.19. The van der Waals surface area contributed by atoms with E-state index in [0.29, 0.717) is 13.0 Å². The van der Waals surface area contributed by atoms with E-state index < -0.39 is 0 Å². The van der Waals surface area contributed by atoms with Crippen molar-refractivity contribution in [1.29, 1.82) is 0 Å². The molecule has 0 aliphatic carbocycles. The van der Waals surface area contributed by atoms with Crippen LogP contribution in [0.4, 0.5) is 0 Å². The Hall–Kier alpha value is -2.13. The summed E-state index contributed by atoms with van der Waals surface area (Å²) in [5, 5.41) is 6.34. The van der Waals surface area contributed by atoms with Gasteiger partial charge in [0.05, 0.1) is 6.42 Å². The van der Waals surface area contributed by atoms with Crippen LogP contribution in [0.1, 0.15) is 34.7 Å². The fraction of sp³-hybridized carbons (Fsp3) is 0.316. The van der Waals surface area contributed by atoms with E-state index in [-0.39, 0.29) is 5.91 Å². The zero-order valence-electron chi connectivity index (χ0n) is 13.0. The third kappa shape index (κ3) is 3.55. The highest BCUT2D eigenvalue weighted by Gasteiger charge is 2.10. The van der Waals surface area contributed by atoms with Gasteiger partial charge in [-0.1, -0.05) is 49.4 Å². The molecule has 1 amide bonds. The summed E-state index contributed by atoms with van der Waals surface area (Å²) in [5.74, 6) is 0.0721. The molecule has 0 unspecified atom stereocenters. The normalized spacial score (nSPS) is 13.0. The summed E-state index contributed by atoms with van der Waals surface area (Å²) >= 11 is 0. The quantitative estimate of drug-likeness (QED) is 0.890. The zero-order chi connectivity index (χ0) is 15.4. The molecule has 0 bridgehead atoms. The number of amides is 1. The van der Waals surface area contributed by atoms with Crippen molar-refractivity contribution in [3.8, 4) is 0 Å². The maximum absolute atomic E-state index is 12.1. The third-order valence-corrected chi connectivity index (χ3v) is 4.19. The van der Waals surface area contributed by atoms with Crippen LogP contribution in [-0.2, 0) is 37.3 Å². The molecule has 22 heavy (non-hydrogen) atoms. The van der Waals surface area contributed by atoms with Gasteiger partial charge in [-0.3, -0.25) is 4.79 Å². The standard InChI is InChI=1S/C19H22N2O/c1-2-14-3-5-15(6-4-14)10-19(22)21-11-16-7-8-17-12-20-13-18(17)9-16/h3-9,20H,2,10-13H2,1H3,(H,21,22). The average molecular weight is 294 g/mol. The van der Waals surface area contributed by atoms with Crippen molar-refractivity contribution in [3.63, 3.8) is 0 Å². The Morgan fingerprint density at radius 2 is 1.68 bits per heavy atom. The van der Waals surface area contributed by atoms with Gasteiger partial charge >= 0.3 is 0 Å². The Balaban J connectivity index is 1.53. The molecule has 3 nitrogen and oxygen atoms in total. The van der Waals surface area contributed by atoms with Crippen molar-refractivity contribution < 1.29 is 4.79 Å². The number of rotatable bonds is 5. The summed E-state index contributed by atoms with van der Waals surface area (Å²) in [5.41, 5.74) is 6.24. The second-order valence-electron chi connectivity index (χ2n) is 5.83. The maximum Gasteiger partial charge on any atom is 0.224 e. The van der Waals surface area contributed by atoms with Gasteiger partial charge in [-0.2, -0.15) is 0 Å². The topological polar surface area (TPSA) is 41.1 Å². The monoisotopic (exact) mass is 294 g/mol. The van der Waals surface area contributed by atoms with Gasteiger partial charge in [0, 0.05) is 19.6 Å². The van der Waals surface area contributed by atoms with Crippen LogP contribution in [0.3, 0.4) is 0 Å². The molecule has 0 aromatic heterocycles. The SMILES string of the molecule is CCc1ccc(CC(=O)NCc2ccc3c(c2)CNC3)cc1. The highest BCUT2D eigenvalue weighted by Crippen LogP contribution is 2.17. The van der Waals surface area contributed by atoms with E-state index in [4.69, 9.17) is 0 Å². The lowest BCUT2D eigenvalue weighted by molar-refractivity contribution is -0.120. The first-order valence-electron chi connectivity index (χ1n) is 7.90. The summed E-state index contributed by atoms with van der Waals surface area (Å²) in [6, 6.07) is 14.7. The van der Waals surface area contributed by atoms with E-state index in [1.54, 1.807) is 0 Å². The van der Waals surface area contributed by atoms with Crippen LogP contribution in [0.15, 0.2) is 42.5 Å². The molecule has 0 saturated heterocycles. The lowest BCUT2D eigenvalue weighted by Gasteiger charge is -2.08. The largest absolute Gasteiger partial charge is 0.352 e. The summed E-state index contributed by atoms with van der Waals surface area (Å²) < 4.78 is 0. The number of aryl methyl sites for hydroxylation is 1. The average Bonchev–Trinajstić information content (AvgIpc) is 3.01. The molecule has 1 aliphatic rings. The van der Waals surface area contributed by atoms with Gasteiger partial charge in [0.15, 0.2) is 0 Å². The van der Waals surface area contributed by atoms with Crippen LogP contribution in [0.25, 0.3) is 0 Å². The van der Waals surface area contributed by atoms with Crippen molar-refractivity contribution in [1.82, 2.24) is 10.6 Å². The van der Waals surface area contributed by atoms with Crippen molar-refractivity contribution in [2.24, 2.45) is 0 Å². The molecule has 2 aromatic carbocycles. The van der Waals surface area contributed by atoms with Gasteiger partial charge in [-0.15, -0.1) is 0 Å². The molecular weight excluding hydrogens is 272 g/mol. The molecular formula is C19H22N2O. The summed E-state index contributed by atoms with van der Waals surface area (Å²) in [6.45, 7) is 4.61. The Bertz CT molecular complexity index is 662. The minimum Gasteiger partial charge on any atom is -0.352 e. The Labute approximate surface area is 131 Å². The van der Waals surface area contributed by atoms with Gasteiger partial charge < -0.3 is 10.6 Å². The van der Waals surface area contributed by atoms with E-state index in [2.05, 4.69) is 47.9 Å². The molecule has 0 spiro atoms. The first-order valence-corrected chi connectivity index (χ1v) is 7.90. The first-order chi connectivity index (χ1) is 10.7. The van der Waals surface area contributed by atoms with Gasteiger partial charge in [0.2, 0.25) is 5.91 Å². The molecule has 0 atom stereocenters. The number of fused-ring (bicyclic) bond motifs is 1. The summed E-state index contributed by atoms with van der Waals surface area (Å²) in [6.07, 6.45) is 1.47. The molecule has 2 aromatic rings. The van der Waals surface area contributed by atoms with Gasteiger partial charge in [-0.25, -0.2) is 0 Å². The molecule has 3 heteroatoms. The molecule has 0 radical (unpaired) electrons. The number of carbonyl (C=O) groups excluding carboxylic acids is 1. The van der Waals surface area contributed by atoms with Crippen LogP contribution in [0.5, 0.6) is 0 Å². The zero-order valence-corrected chi connectivity index (χ0v) is 13.0. The second-order valence-corrected chi connectivity index (χ2v) is 5.83. The fourth-order valence-corrected chi connectivity index (χ4v) is 2.80. The van der Waals surface area contributed by atoms with Crippen molar-refractivity contribution in [2.75, 3.05) is 0 Å². The van der Waals surface area contributed by atoms with Crippen molar-refractivity contribution >= 4 is 5.91 Å². The highest BCUT2D eigenvalue weighted by atomic mass is 16.1. The van der Waals surface area contributed by atoms with Crippen LogP contribution >= 0.6 is 0 Å². The second kappa shape index (κ2) is 6.75. The van der Waals surface area contributed by atoms with E-state index >= 15 is 0 Å². The molecule has 1 aliphatic heterocycles. The lowest BCUT2D eigenvalue weighted by Crippen LogP contribution is -2.24. The van der Waals surface area contributed by atoms with Crippen LogP contribution in [0.2, 0.25) is 0 Å². The molecule has 0 fully saturated rings. The fourth-order valence-electron chi connectivity index (χ4n) is 2.80. The number of hydrogen-bond donors (Lipinski definition) is 2. The van der Waals surface area contributed by atoms with Gasteiger partial charge in [0.25, 0.3) is 0 Å². The predicted octanol–water partition coefficient (Wildman–Crippen LogP) is 2.71. The molecule has 2 N–H and O–H groups in total.